The molecule has 2 aromatic heterocycles. The first-order valence-corrected chi connectivity index (χ1v) is 17.9. The Hall–Kier alpha value is -5.11. The molecular formula is C37H40N6O5S2. The second kappa shape index (κ2) is 17.5. The fourth-order valence-corrected chi connectivity index (χ4v) is 6.38. The SMILES string of the molecule is CCCNc1nc(SCc2csc(-c3ccc(C)cc3)n2)c(C#N)c(-c2ccc(OCCOC(=O)[C@H](C)NC(=O)OC(C)(C)C)cc2)c1C#N. The van der Waals surface area contributed by atoms with Crippen molar-refractivity contribution in [2.75, 3.05) is 25.1 Å². The van der Waals surface area contributed by atoms with Gasteiger partial charge in [-0.3, -0.25) is 0 Å². The van der Waals surface area contributed by atoms with Crippen LogP contribution in [0, 0.1) is 29.6 Å². The zero-order valence-corrected chi connectivity index (χ0v) is 30.6. The summed E-state index contributed by atoms with van der Waals surface area (Å²) in [6.07, 6.45) is 0.114. The van der Waals surface area contributed by atoms with Crippen LogP contribution in [0.5, 0.6) is 5.75 Å². The molecule has 0 spiro atoms. The molecule has 0 saturated carbocycles. The van der Waals surface area contributed by atoms with Crippen LogP contribution in [0.15, 0.2) is 58.9 Å². The fraction of sp³-hybridized carbons (Fsp3) is 0.351. The van der Waals surface area contributed by atoms with Crippen molar-refractivity contribution in [1.82, 2.24) is 15.3 Å². The van der Waals surface area contributed by atoms with Crippen LogP contribution in [-0.4, -0.2) is 53.4 Å². The average molecular weight is 713 g/mol. The maximum absolute atomic E-state index is 12.3. The number of alkyl carbamates (subject to hydrolysis) is 1. The molecule has 2 aromatic carbocycles. The molecule has 0 saturated heterocycles. The van der Waals surface area contributed by atoms with Crippen LogP contribution >= 0.6 is 23.1 Å². The highest BCUT2D eigenvalue weighted by Gasteiger charge is 2.23. The van der Waals surface area contributed by atoms with E-state index in [4.69, 9.17) is 24.2 Å². The molecule has 1 atom stereocenters. The normalized spacial score (nSPS) is 11.5. The number of aromatic nitrogens is 2. The summed E-state index contributed by atoms with van der Waals surface area (Å²) in [7, 11) is 0. The van der Waals surface area contributed by atoms with Crippen LogP contribution in [-0.2, 0) is 20.0 Å². The highest BCUT2D eigenvalue weighted by molar-refractivity contribution is 7.98. The summed E-state index contributed by atoms with van der Waals surface area (Å²) in [4.78, 5) is 33.7. The van der Waals surface area contributed by atoms with E-state index in [-0.39, 0.29) is 18.8 Å². The minimum absolute atomic E-state index is 0.0407. The number of rotatable bonds is 14. The Labute approximate surface area is 301 Å². The van der Waals surface area contributed by atoms with Crippen molar-refractivity contribution < 1.29 is 23.8 Å². The zero-order valence-electron chi connectivity index (χ0n) is 29.0. The molecule has 4 rings (SSSR count). The summed E-state index contributed by atoms with van der Waals surface area (Å²) in [5, 5.41) is 29.7. The molecule has 1 amide bonds. The van der Waals surface area contributed by atoms with E-state index in [9.17, 15) is 20.1 Å². The summed E-state index contributed by atoms with van der Waals surface area (Å²) >= 11 is 2.97. The quantitative estimate of drug-likeness (QED) is 0.0744. The van der Waals surface area contributed by atoms with Crippen molar-refractivity contribution in [3.8, 4) is 39.6 Å². The van der Waals surface area contributed by atoms with Crippen molar-refractivity contribution in [1.29, 1.82) is 10.5 Å². The lowest BCUT2D eigenvalue weighted by Crippen LogP contribution is -2.42. The summed E-state index contributed by atoms with van der Waals surface area (Å²) in [6.45, 7) is 11.4. The maximum atomic E-state index is 12.3. The summed E-state index contributed by atoms with van der Waals surface area (Å²) in [5.41, 5.74) is 4.14. The average Bonchev–Trinajstić information content (AvgIpc) is 3.56. The molecular weight excluding hydrogens is 673 g/mol. The number of carbonyl (C=O) groups is 2. The van der Waals surface area contributed by atoms with Gasteiger partial charge < -0.3 is 24.8 Å². The summed E-state index contributed by atoms with van der Waals surface area (Å²) in [5.74, 6) is 0.795. The Bertz CT molecular complexity index is 1870. The number of nitrogens with one attached hydrogen (secondary N) is 2. The molecule has 260 valence electrons. The van der Waals surface area contributed by atoms with Gasteiger partial charge in [0.05, 0.1) is 11.3 Å². The van der Waals surface area contributed by atoms with Crippen molar-refractivity contribution in [2.45, 2.75) is 70.4 Å². The van der Waals surface area contributed by atoms with Crippen LogP contribution < -0.4 is 15.4 Å². The number of esters is 1. The third-order valence-corrected chi connectivity index (χ3v) is 8.91. The second-order valence-corrected chi connectivity index (χ2v) is 14.1. The van der Waals surface area contributed by atoms with E-state index in [2.05, 4.69) is 47.0 Å². The van der Waals surface area contributed by atoms with E-state index < -0.39 is 23.7 Å². The molecule has 0 aliphatic heterocycles. The van der Waals surface area contributed by atoms with Gasteiger partial charge in [-0.1, -0.05) is 60.6 Å². The molecule has 2 heterocycles. The zero-order chi connectivity index (χ0) is 36.3. The summed E-state index contributed by atoms with van der Waals surface area (Å²) in [6, 6.07) is 18.9. The highest BCUT2D eigenvalue weighted by Crippen LogP contribution is 2.38. The monoisotopic (exact) mass is 712 g/mol. The number of nitrogens with zero attached hydrogens (tertiary/aromatic N) is 4. The van der Waals surface area contributed by atoms with Gasteiger partial charge in [0, 0.05) is 28.8 Å². The molecule has 13 heteroatoms. The smallest absolute Gasteiger partial charge is 0.408 e. The number of anilines is 1. The number of ether oxygens (including phenoxy) is 3. The van der Waals surface area contributed by atoms with Crippen LogP contribution in [0.4, 0.5) is 10.6 Å². The third-order valence-electron chi connectivity index (χ3n) is 6.96. The van der Waals surface area contributed by atoms with E-state index in [1.807, 2.05) is 19.2 Å². The summed E-state index contributed by atoms with van der Waals surface area (Å²) < 4.78 is 16.1. The Morgan fingerprint density at radius 1 is 0.980 bits per heavy atom. The molecule has 2 N–H and O–H groups in total. The molecule has 4 aromatic rings. The number of hydrogen-bond acceptors (Lipinski definition) is 12. The molecule has 0 aliphatic rings. The lowest BCUT2D eigenvalue weighted by molar-refractivity contribution is -0.146. The maximum Gasteiger partial charge on any atom is 0.408 e. The van der Waals surface area contributed by atoms with Gasteiger partial charge in [0.2, 0.25) is 0 Å². The van der Waals surface area contributed by atoms with Crippen molar-refractivity contribution in [3.63, 3.8) is 0 Å². The van der Waals surface area contributed by atoms with Crippen LogP contribution in [0.1, 0.15) is 63.4 Å². The minimum Gasteiger partial charge on any atom is -0.490 e. The van der Waals surface area contributed by atoms with Gasteiger partial charge in [-0.25, -0.2) is 19.6 Å². The number of carbonyl (C=O) groups excluding carboxylic acids is 2. The van der Waals surface area contributed by atoms with Gasteiger partial charge in [0.25, 0.3) is 0 Å². The van der Waals surface area contributed by atoms with Crippen LogP contribution in [0.3, 0.4) is 0 Å². The number of amides is 1. The van der Waals surface area contributed by atoms with Gasteiger partial charge in [0.15, 0.2) is 0 Å². The van der Waals surface area contributed by atoms with Crippen LogP contribution in [0.25, 0.3) is 21.7 Å². The Kier molecular flexibility index (Phi) is 13.2. The van der Waals surface area contributed by atoms with Crippen molar-refractivity contribution in [3.05, 3.63) is 76.3 Å². The number of aryl methyl sites for hydroxylation is 1. The largest absolute Gasteiger partial charge is 0.490 e. The van der Waals surface area contributed by atoms with Gasteiger partial charge in [0.1, 0.15) is 64.2 Å². The van der Waals surface area contributed by atoms with Gasteiger partial charge in [-0.2, -0.15) is 10.5 Å². The van der Waals surface area contributed by atoms with E-state index in [0.717, 1.165) is 22.7 Å². The first kappa shape index (κ1) is 37.7. The number of benzene rings is 2. The Morgan fingerprint density at radius 2 is 1.66 bits per heavy atom. The number of hydrogen-bond donors (Lipinski definition) is 2. The Balaban J connectivity index is 1.46. The second-order valence-electron chi connectivity index (χ2n) is 12.2. The number of thiazole rings is 1. The van der Waals surface area contributed by atoms with E-state index in [0.29, 0.717) is 45.6 Å². The highest BCUT2D eigenvalue weighted by atomic mass is 32.2. The van der Waals surface area contributed by atoms with Crippen LogP contribution in [0.2, 0.25) is 0 Å². The van der Waals surface area contributed by atoms with E-state index in [1.165, 1.54) is 24.2 Å². The lowest BCUT2D eigenvalue weighted by atomic mass is 9.96. The fourth-order valence-electron chi connectivity index (χ4n) is 4.57. The third kappa shape index (κ3) is 10.4. The van der Waals surface area contributed by atoms with Gasteiger partial charge in [-0.15, -0.1) is 11.3 Å². The number of pyridine rings is 1. The first-order chi connectivity index (χ1) is 23.9. The predicted octanol–water partition coefficient (Wildman–Crippen LogP) is 7.87. The molecule has 0 fully saturated rings. The first-order valence-electron chi connectivity index (χ1n) is 16.1. The molecule has 0 bridgehead atoms. The topological polar surface area (TPSA) is 159 Å². The molecule has 0 aliphatic carbocycles. The lowest BCUT2D eigenvalue weighted by Gasteiger charge is -2.21. The molecule has 0 radical (unpaired) electrons. The predicted molar refractivity (Wildman–Crippen MR) is 195 cm³/mol. The molecule has 0 unspecified atom stereocenters. The Morgan fingerprint density at radius 3 is 2.30 bits per heavy atom. The molecule has 11 nitrogen and oxygen atoms in total. The minimum atomic E-state index is -0.898. The van der Waals surface area contributed by atoms with E-state index in [1.54, 1.807) is 56.4 Å². The van der Waals surface area contributed by atoms with Crippen molar-refractivity contribution >= 4 is 41.0 Å². The van der Waals surface area contributed by atoms with Gasteiger partial charge >= 0.3 is 12.1 Å². The standard InChI is InChI=1S/C37H40N6O5S2/c1-7-16-40-32-29(19-38)31(30(20-39)34(43-32)50-22-27-21-49-33(42-27)26-10-8-23(2)9-11-26)25-12-14-28(15-13-25)46-17-18-47-35(44)24(3)41-36(45)48-37(4,5)6/h8-15,21,24H,7,16-18,22H2,1-6H3,(H,40,43)(H,41,45)/t24-/m0/s1. The van der Waals surface area contributed by atoms with Crippen molar-refractivity contribution in [2.24, 2.45) is 0 Å². The number of nitriles is 2. The van der Waals surface area contributed by atoms with E-state index >= 15 is 0 Å². The number of thioether (sulfide) groups is 1. The van der Waals surface area contributed by atoms with Gasteiger partial charge in [-0.05, 0) is 58.7 Å². The molecule has 50 heavy (non-hydrogen) atoms.